The summed E-state index contributed by atoms with van der Waals surface area (Å²) in [6.45, 7) is 2.34. The summed E-state index contributed by atoms with van der Waals surface area (Å²) in [6, 6.07) is 11.1. The molecule has 4 nitrogen and oxygen atoms in total. The zero-order valence-electron chi connectivity index (χ0n) is 9.98. The third-order valence-electron chi connectivity index (χ3n) is 2.48. The van der Waals surface area contributed by atoms with Gasteiger partial charge in [-0.1, -0.05) is 23.7 Å². The Labute approximate surface area is 111 Å². The van der Waals surface area contributed by atoms with Gasteiger partial charge in [0.2, 0.25) is 0 Å². The molecule has 3 N–H and O–H groups in total. The SMILES string of the molecule is Cc1ccc(Cl)cc1OCc1cccc(NN)n1. The van der Waals surface area contributed by atoms with E-state index in [4.69, 9.17) is 22.2 Å². The topological polar surface area (TPSA) is 60.2 Å². The number of ether oxygens (including phenoxy) is 1. The number of hydrazine groups is 1. The number of benzene rings is 1. The van der Waals surface area contributed by atoms with Crippen molar-refractivity contribution >= 4 is 17.4 Å². The first kappa shape index (κ1) is 12.7. The molecule has 0 aliphatic heterocycles. The number of aryl methyl sites for hydroxylation is 1. The lowest BCUT2D eigenvalue weighted by atomic mass is 10.2. The van der Waals surface area contributed by atoms with Crippen LogP contribution in [0.3, 0.4) is 0 Å². The van der Waals surface area contributed by atoms with E-state index in [1.165, 1.54) is 0 Å². The number of anilines is 1. The molecule has 5 heteroatoms. The van der Waals surface area contributed by atoms with Crippen molar-refractivity contribution in [1.29, 1.82) is 0 Å². The molecule has 1 aromatic carbocycles. The van der Waals surface area contributed by atoms with Crippen molar-refractivity contribution < 1.29 is 4.74 Å². The molecule has 0 spiro atoms. The molecule has 0 saturated heterocycles. The van der Waals surface area contributed by atoms with Crippen molar-refractivity contribution in [3.05, 3.63) is 52.7 Å². The number of aromatic nitrogens is 1. The molecular formula is C13H14ClN3O. The van der Waals surface area contributed by atoms with Crippen molar-refractivity contribution in [3.8, 4) is 5.75 Å². The van der Waals surface area contributed by atoms with Crippen molar-refractivity contribution in [2.45, 2.75) is 13.5 Å². The molecule has 2 rings (SSSR count). The minimum Gasteiger partial charge on any atom is -0.487 e. The molecule has 0 aliphatic rings. The predicted octanol–water partition coefficient (Wildman–Crippen LogP) is 2.91. The van der Waals surface area contributed by atoms with Gasteiger partial charge in [-0.25, -0.2) is 10.8 Å². The molecule has 94 valence electrons. The summed E-state index contributed by atoms with van der Waals surface area (Å²) < 4.78 is 5.69. The molecule has 1 heterocycles. The van der Waals surface area contributed by atoms with Crippen LogP contribution in [0, 0.1) is 6.92 Å². The largest absolute Gasteiger partial charge is 0.487 e. The van der Waals surface area contributed by atoms with Gasteiger partial charge in [-0.05, 0) is 36.8 Å². The van der Waals surface area contributed by atoms with Crippen LogP contribution >= 0.6 is 11.6 Å². The van der Waals surface area contributed by atoms with Crippen LogP contribution in [0.4, 0.5) is 5.82 Å². The van der Waals surface area contributed by atoms with E-state index >= 15 is 0 Å². The monoisotopic (exact) mass is 263 g/mol. The van der Waals surface area contributed by atoms with E-state index in [0.29, 0.717) is 17.4 Å². The molecular weight excluding hydrogens is 250 g/mol. The molecule has 1 aromatic heterocycles. The van der Waals surface area contributed by atoms with Crippen LogP contribution in [0.15, 0.2) is 36.4 Å². The number of nitrogens with two attached hydrogens (primary N) is 1. The summed E-state index contributed by atoms with van der Waals surface area (Å²) in [5, 5.41) is 0.654. The summed E-state index contributed by atoms with van der Waals surface area (Å²) in [4.78, 5) is 4.26. The first-order valence-corrected chi connectivity index (χ1v) is 5.88. The second-order valence-corrected chi connectivity index (χ2v) is 4.29. The number of pyridine rings is 1. The average Bonchev–Trinajstić information content (AvgIpc) is 2.40. The molecule has 0 saturated carbocycles. The van der Waals surface area contributed by atoms with Gasteiger partial charge in [-0.2, -0.15) is 0 Å². The second kappa shape index (κ2) is 5.71. The molecule has 0 amide bonds. The molecule has 0 atom stereocenters. The lowest BCUT2D eigenvalue weighted by Crippen LogP contribution is -2.09. The zero-order chi connectivity index (χ0) is 13.0. The third-order valence-corrected chi connectivity index (χ3v) is 2.72. The van der Waals surface area contributed by atoms with Gasteiger partial charge in [0.05, 0.1) is 5.69 Å². The van der Waals surface area contributed by atoms with Crippen LogP contribution in [0.5, 0.6) is 5.75 Å². The Balaban J connectivity index is 2.08. The van der Waals surface area contributed by atoms with Crippen LogP contribution in [0.1, 0.15) is 11.3 Å². The Bertz CT molecular complexity index is 546. The van der Waals surface area contributed by atoms with E-state index in [-0.39, 0.29) is 0 Å². The summed E-state index contributed by atoms with van der Waals surface area (Å²) in [6.07, 6.45) is 0. The fourth-order valence-electron chi connectivity index (χ4n) is 1.52. The Hall–Kier alpha value is -1.78. The molecule has 0 fully saturated rings. The number of nitrogens with one attached hydrogen (secondary N) is 1. The minimum atomic E-state index is 0.372. The van der Waals surface area contributed by atoms with Crippen LogP contribution in [0.2, 0.25) is 5.02 Å². The zero-order valence-corrected chi connectivity index (χ0v) is 10.7. The maximum atomic E-state index is 5.92. The summed E-state index contributed by atoms with van der Waals surface area (Å²) in [5.41, 5.74) is 4.33. The molecule has 0 bridgehead atoms. The maximum absolute atomic E-state index is 5.92. The lowest BCUT2D eigenvalue weighted by molar-refractivity contribution is 0.299. The van der Waals surface area contributed by atoms with Crippen LogP contribution in [-0.2, 0) is 6.61 Å². The van der Waals surface area contributed by atoms with E-state index in [1.54, 1.807) is 12.1 Å². The number of hydrogen-bond acceptors (Lipinski definition) is 4. The second-order valence-electron chi connectivity index (χ2n) is 3.86. The van der Waals surface area contributed by atoms with E-state index in [2.05, 4.69) is 10.4 Å². The molecule has 18 heavy (non-hydrogen) atoms. The average molecular weight is 264 g/mol. The Morgan fingerprint density at radius 1 is 1.33 bits per heavy atom. The third kappa shape index (κ3) is 3.12. The van der Waals surface area contributed by atoms with Gasteiger partial charge in [-0.3, -0.25) is 0 Å². The highest BCUT2D eigenvalue weighted by Gasteiger charge is 2.02. The van der Waals surface area contributed by atoms with Gasteiger partial charge in [0, 0.05) is 5.02 Å². The smallest absolute Gasteiger partial charge is 0.140 e. The number of nitrogens with zero attached hydrogens (tertiary/aromatic N) is 1. The summed E-state index contributed by atoms with van der Waals surface area (Å²) >= 11 is 5.92. The highest BCUT2D eigenvalue weighted by molar-refractivity contribution is 6.30. The van der Waals surface area contributed by atoms with Crippen molar-refractivity contribution in [2.24, 2.45) is 5.84 Å². The van der Waals surface area contributed by atoms with E-state index < -0.39 is 0 Å². The minimum absolute atomic E-state index is 0.372. The van der Waals surface area contributed by atoms with E-state index in [0.717, 1.165) is 17.0 Å². The maximum Gasteiger partial charge on any atom is 0.140 e. The molecule has 0 radical (unpaired) electrons. The molecule has 0 unspecified atom stereocenters. The first-order chi connectivity index (χ1) is 8.69. The van der Waals surface area contributed by atoms with Gasteiger partial charge >= 0.3 is 0 Å². The highest BCUT2D eigenvalue weighted by Crippen LogP contribution is 2.23. The van der Waals surface area contributed by atoms with Gasteiger partial charge < -0.3 is 10.2 Å². The van der Waals surface area contributed by atoms with Gasteiger partial charge in [0.25, 0.3) is 0 Å². The van der Waals surface area contributed by atoms with E-state index in [9.17, 15) is 0 Å². The molecule has 0 aliphatic carbocycles. The quantitative estimate of drug-likeness (QED) is 0.658. The Morgan fingerprint density at radius 2 is 2.17 bits per heavy atom. The van der Waals surface area contributed by atoms with E-state index in [1.807, 2.05) is 31.2 Å². The summed E-state index contributed by atoms with van der Waals surface area (Å²) in [5.74, 6) is 6.67. The van der Waals surface area contributed by atoms with Crippen LogP contribution in [0.25, 0.3) is 0 Å². The predicted molar refractivity (Wildman–Crippen MR) is 72.6 cm³/mol. The standard InChI is InChI=1S/C13H14ClN3O/c1-9-5-6-10(14)7-12(9)18-8-11-3-2-4-13(16-11)17-15/h2-7H,8,15H2,1H3,(H,16,17). The van der Waals surface area contributed by atoms with Gasteiger partial charge in [0.1, 0.15) is 18.2 Å². The fourth-order valence-corrected chi connectivity index (χ4v) is 1.68. The number of hydrogen-bond donors (Lipinski definition) is 2. The first-order valence-electron chi connectivity index (χ1n) is 5.50. The summed E-state index contributed by atoms with van der Waals surface area (Å²) in [7, 11) is 0. The lowest BCUT2D eigenvalue weighted by Gasteiger charge is -2.09. The highest BCUT2D eigenvalue weighted by atomic mass is 35.5. The Morgan fingerprint density at radius 3 is 2.94 bits per heavy atom. The fraction of sp³-hybridized carbons (Fsp3) is 0.154. The van der Waals surface area contributed by atoms with Crippen molar-refractivity contribution in [1.82, 2.24) is 4.98 Å². The van der Waals surface area contributed by atoms with Crippen LogP contribution < -0.4 is 16.0 Å². The Kier molecular flexibility index (Phi) is 4.02. The van der Waals surface area contributed by atoms with Crippen molar-refractivity contribution in [2.75, 3.05) is 5.43 Å². The van der Waals surface area contributed by atoms with Gasteiger partial charge in [0.15, 0.2) is 0 Å². The van der Waals surface area contributed by atoms with Gasteiger partial charge in [-0.15, -0.1) is 0 Å². The normalized spacial score (nSPS) is 10.2. The van der Waals surface area contributed by atoms with Crippen LogP contribution in [-0.4, -0.2) is 4.98 Å². The van der Waals surface area contributed by atoms with Crippen molar-refractivity contribution in [3.63, 3.8) is 0 Å². The molecule has 2 aromatic rings. The number of rotatable bonds is 4. The number of nitrogen functional groups attached to an aromatic ring is 1. The number of halogens is 1.